The third-order valence-electron chi connectivity index (χ3n) is 2.26. The number of nitrogens with one attached hydrogen (secondary N) is 1. The van der Waals surface area contributed by atoms with Gasteiger partial charge in [0.2, 0.25) is 0 Å². The number of carbonyl (C=O) groups is 1. The number of rotatable bonds is 3. The largest absolute Gasteiger partial charge is 0.465 e. The maximum absolute atomic E-state index is 11.1. The van der Waals surface area contributed by atoms with Crippen LogP contribution in [0, 0.1) is 0 Å². The topological polar surface area (TPSA) is 41.6 Å². The van der Waals surface area contributed by atoms with Gasteiger partial charge in [-0.05, 0) is 20.4 Å². The minimum Gasteiger partial charge on any atom is -0.465 e. The van der Waals surface area contributed by atoms with Crippen molar-refractivity contribution in [3.05, 3.63) is 0 Å². The minimum atomic E-state index is -0.0965. The second-order valence-electron chi connectivity index (χ2n) is 3.50. The highest BCUT2D eigenvalue weighted by Crippen LogP contribution is 2.00. The summed E-state index contributed by atoms with van der Waals surface area (Å²) < 4.78 is 4.95. The van der Waals surface area contributed by atoms with Crippen molar-refractivity contribution < 1.29 is 9.53 Å². The van der Waals surface area contributed by atoms with E-state index in [4.69, 9.17) is 4.74 Å². The summed E-state index contributed by atoms with van der Waals surface area (Å²) >= 11 is 0. The lowest BCUT2D eigenvalue weighted by Gasteiger charge is -2.21. The Balaban J connectivity index is 2.34. The van der Waals surface area contributed by atoms with Crippen molar-refractivity contribution in [1.82, 2.24) is 10.2 Å². The van der Waals surface area contributed by atoms with Crippen LogP contribution in [0.1, 0.15) is 13.3 Å². The average Bonchev–Trinajstić information content (AvgIpc) is 2.30. The normalized spacial score (nSPS) is 22.2. The molecule has 0 bridgehead atoms. The van der Waals surface area contributed by atoms with E-state index in [1.165, 1.54) is 0 Å². The molecule has 1 rings (SSSR count). The Morgan fingerprint density at radius 1 is 1.69 bits per heavy atom. The molecule has 0 spiro atoms. The maximum atomic E-state index is 11.1. The molecule has 1 atom stereocenters. The van der Waals surface area contributed by atoms with Crippen molar-refractivity contribution in [3.8, 4) is 0 Å². The lowest BCUT2D eigenvalue weighted by Crippen LogP contribution is -2.39. The van der Waals surface area contributed by atoms with E-state index < -0.39 is 0 Å². The van der Waals surface area contributed by atoms with Gasteiger partial charge in [-0.3, -0.25) is 9.69 Å². The molecule has 4 heteroatoms. The van der Waals surface area contributed by atoms with Crippen LogP contribution in [0.4, 0.5) is 0 Å². The van der Waals surface area contributed by atoms with Gasteiger partial charge in [-0.25, -0.2) is 0 Å². The van der Waals surface area contributed by atoms with Gasteiger partial charge < -0.3 is 10.1 Å². The van der Waals surface area contributed by atoms with Crippen molar-refractivity contribution in [2.45, 2.75) is 19.4 Å². The molecule has 1 saturated heterocycles. The number of likely N-dealkylation sites (N-methyl/N-ethyl adjacent to an activating group) is 1. The molecule has 1 aliphatic rings. The van der Waals surface area contributed by atoms with E-state index in [0.29, 0.717) is 19.2 Å². The fourth-order valence-corrected chi connectivity index (χ4v) is 1.42. The molecule has 4 nitrogen and oxygen atoms in total. The zero-order chi connectivity index (χ0) is 9.68. The summed E-state index contributed by atoms with van der Waals surface area (Å²) in [6.45, 7) is 4.98. The lowest BCUT2D eigenvalue weighted by atomic mass is 10.3. The lowest BCUT2D eigenvalue weighted by molar-refractivity contribution is -0.142. The van der Waals surface area contributed by atoms with Crippen LogP contribution in [0.5, 0.6) is 0 Å². The Morgan fingerprint density at radius 3 is 3.15 bits per heavy atom. The van der Waals surface area contributed by atoms with Crippen LogP contribution >= 0.6 is 0 Å². The first-order chi connectivity index (χ1) is 6.22. The zero-order valence-electron chi connectivity index (χ0n) is 8.38. The number of nitrogens with zero attached hydrogens (tertiary/aromatic N) is 1. The van der Waals surface area contributed by atoms with E-state index in [0.717, 1.165) is 19.5 Å². The van der Waals surface area contributed by atoms with Gasteiger partial charge in [0.25, 0.3) is 0 Å². The van der Waals surface area contributed by atoms with Gasteiger partial charge in [-0.2, -0.15) is 0 Å². The van der Waals surface area contributed by atoms with Crippen molar-refractivity contribution in [3.63, 3.8) is 0 Å². The predicted octanol–water partition coefficient (Wildman–Crippen LogP) is -0.157. The van der Waals surface area contributed by atoms with Crippen LogP contribution in [0.15, 0.2) is 0 Å². The monoisotopic (exact) mass is 186 g/mol. The van der Waals surface area contributed by atoms with Crippen molar-refractivity contribution in [1.29, 1.82) is 0 Å². The molecule has 1 fully saturated rings. The van der Waals surface area contributed by atoms with Crippen molar-refractivity contribution >= 4 is 5.97 Å². The van der Waals surface area contributed by atoms with Gasteiger partial charge in [0.1, 0.15) is 0 Å². The van der Waals surface area contributed by atoms with E-state index in [9.17, 15) is 4.79 Å². The molecular weight excluding hydrogens is 168 g/mol. The number of cyclic esters (lactones) is 1. The molecule has 0 aromatic carbocycles. The first-order valence-electron chi connectivity index (χ1n) is 4.77. The Kier molecular flexibility index (Phi) is 4.18. The van der Waals surface area contributed by atoms with E-state index >= 15 is 0 Å². The Morgan fingerprint density at radius 2 is 2.46 bits per heavy atom. The molecule has 76 valence electrons. The third-order valence-corrected chi connectivity index (χ3v) is 2.26. The van der Waals surface area contributed by atoms with E-state index in [1.54, 1.807) is 0 Å². The summed E-state index contributed by atoms with van der Waals surface area (Å²) in [5.41, 5.74) is 0. The van der Waals surface area contributed by atoms with Gasteiger partial charge in [0, 0.05) is 19.1 Å². The standard InChI is InChI=1S/C9H18N2O2/c1-8(10-2)6-11-4-3-5-13-9(12)7-11/h8,10H,3-7H2,1-2H3. The van der Waals surface area contributed by atoms with Gasteiger partial charge >= 0.3 is 5.97 Å². The molecule has 1 N–H and O–H groups in total. The average molecular weight is 186 g/mol. The van der Waals surface area contributed by atoms with E-state index in [2.05, 4.69) is 17.1 Å². The Hall–Kier alpha value is -0.610. The van der Waals surface area contributed by atoms with Crippen LogP contribution in [-0.4, -0.2) is 50.2 Å². The summed E-state index contributed by atoms with van der Waals surface area (Å²) in [6, 6.07) is 0.422. The van der Waals surface area contributed by atoms with Gasteiger partial charge in [-0.15, -0.1) is 0 Å². The Labute approximate surface area is 79.2 Å². The van der Waals surface area contributed by atoms with Crippen LogP contribution in [-0.2, 0) is 9.53 Å². The van der Waals surface area contributed by atoms with Crippen LogP contribution in [0.25, 0.3) is 0 Å². The highest BCUT2D eigenvalue weighted by Gasteiger charge is 2.16. The number of carbonyl (C=O) groups excluding carboxylic acids is 1. The molecule has 0 radical (unpaired) electrons. The van der Waals surface area contributed by atoms with Gasteiger partial charge in [0.05, 0.1) is 13.2 Å². The fraction of sp³-hybridized carbons (Fsp3) is 0.889. The molecule has 1 heterocycles. The summed E-state index contributed by atoms with van der Waals surface area (Å²) in [5.74, 6) is -0.0965. The van der Waals surface area contributed by atoms with Crippen LogP contribution < -0.4 is 5.32 Å². The number of ether oxygens (including phenoxy) is 1. The molecule has 1 aliphatic heterocycles. The maximum Gasteiger partial charge on any atom is 0.320 e. The smallest absolute Gasteiger partial charge is 0.320 e. The van der Waals surface area contributed by atoms with Gasteiger partial charge in [-0.1, -0.05) is 0 Å². The van der Waals surface area contributed by atoms with E-state index in [-0.39, 0.29) is 5.97 Å². The SMILES string of the molecule is CNC(C)CN1CCCOC(=O)C1. The van der Waals surface area contributed by atoms with Crippen LogP contribution in [0.2, 0.25) is 0 Å². The predicted molar refractivity (Wildman–Crippen MR) is 50.5 cm³/mol. The first kappa shape index (κ1) is 10.5. The minimum absolute atomic E-state index is 0.0965. The summed E-state index contributed by atoms with van der Waals surface area (Å²) in [7, 11) is 1.93. The number of hydrogen-bond donors (Lipinski definition) is 1. The molecule has 1 unspecified atom stereocenters. The molecule has 13 heavy (non-hydrogen) atoms. The quantitative estimate of drug-likeness (QED) is 0.622. The molecule has 0 aromatic rings. The highest BCUT2D eigenvalue weighted by molar-refractivity contribution is 5.71. The number of hydrogen-bond acceptors (Lipinski definition) is 4. The molecule has 0 amide bonds. The number of esters is 1. The second-order valence-corrected chi connectivity index (χ2v) is 3.50. The van der Waals surface area contributed by atoms with Crippen molar-refractivity contribution in [2.75, 3.05) is 33.3 Å². The summed E-state index contributed by atoms with van der Waals surface area (Å²) in [5, 5.41) is 3.15. The second kappa shape index (κ2) is 5.19. The summed E-state index contributed by atoms with van der Waals surface area (Å²) in [6.07, 6.45) is 0.947. The fourth-order valence-electron chi connectivity index (χ4n) is 1.42. The summed E-state index contributed by atoms with van der Waals surface area (Å²) in [4.78, 5) is 13.2. The Bertz CT molecular complexity index is 173. The third kappa shape index (κ3) is 3.74. The molecule has 0 aromatic heterocycles. The zero-order valence-corrected chi connectivity index (χ0v) is 8.38. The van der Waals surface area contributed by atoms with Crippen LogP contribution in [0.3, 0.4) is 0 Å². The first-order valence-corrected chi connectivity index (χ1v) is 4.77. The van der Waals surface area contributed by atoms with Crippen molar-refractivity contribution in [2.24, 2.45) is 0 Å². The molecule has 0 aliphatic carbocycles. The van der Waals surface area contributed by atoms with Gasteiger partial charge in [0.15, 0.2) is 0 Å². The molecule has 0 saturated carbocycles. The van der Waals surface area contributed by atoms with E-state index in [1.807, 2.05) is 7.05 Å². The highest BCUT2D eigenvalue weighted by atomic mass is 16.5. The molecular formula is C9H18N2O2.